The maximum Gasteiger partial charge on any atom is 0.143 e. The second-order valence-corrected chi connectivity index (χ2v) is 36.4. The Morgan fingerprint density at radius 1 is 0.205 bits per heavy atom. The van der Waals surface area contributed by atoms with Crippen molar-refractivity contribution >= 4 is 153 Å². The third kappa shape index (κ3) is 9.12. The first-order valence-corrected chi connectivity index (χ1v) is 42.9. The van der Waals surface area contributed by atoms with Crippen LogP contribution >= 0.6 is 0 Å². The summed E-state index contributed by atoms with van der Waals surface area (Å²) in [6, 6.07) is 126. The van der Waals surface area contributed by atoms with Gasteiger partial charge in [0.25, 0.3) is 0 Å². The van der Waals surface area contributed by atoms with Crippen molar-refractivity contribution in [3.05, 3.63) is 390 Å². The van der Waals surface area contributed by atoms with Gasteiger partial charge in [-0.25, -0.2) is 0 Å². The predicted molar refractivity (Wildman–Crippen MR) is 509 cm³/mol. The van der Waals surface area contributed by atoms with Crippen LogP contribution in [0.2, 0.25) is 0 Å². The zero-order chi connectivity index (χ0) is 81.3. The SMILES string of the molecule is CC1(C)c2cc3oc4ccccc4c3cc2-c2c1ccc1c2c2ccccc2n1-c1cc2ccccc2c2ccccc12.CC1(C)c2ccc3c(oc4ccccc43)c2-c2c1ccc1c3ccccc3n(-c3ccccc3)c21.CC1(C)c2ccccc2-c2ccc(-n3c4ccccc4c4c5c(ccc43)C(C)(C)c3ccc4c(oc6ccccc64)c3-5)cc21. The zero-order valence-corrected chi connectivity index (χ0v) is 69.0. The Bertz CT molecular complexity index is 8770. The van der Waals surface area contributed by atoms with Crippen LogP contribution in [0.25, 0.3) is 214 Å². The number of hydrogen-bond donors (Lipinski definition) is 0. The van der Waals surface area contributed by atoms with E-state index < -0.39 is 0 Å². The predicted octanol–water partition coefficient (Wildman–Crippen LogP) is 31.6. The molecule has 0 bridgehead atoms. The molecule has 0 aliphatic heterocycles. The van der Waals surface area contributed by atoms with Crippen LogP contribution in [0.15, 0.2) is 359 Å². The summed E-state index contributed by atoms with van der Waals surface area (Å²) in [5, 5.41) is 19.9. The molecule has 6 heterocycles. The first-order valence-electron chi connectivity index (χ1n) is 42.9. The largest absolute Gasteiger partial charge is 0.456 e. The topological polar surface area (TPSA) is 54.2 Å². The van der Waals surface area contributed by atoms with Crippen molar-refractivity contribution in [3.8, 4) is 61.6 Å². The van der Waals surface area contributed by atoms with Crippen LogP contribution in [0, 0.1) is 0 Å². The molecule has 0 saturated heterocycles. The smallest absolute Gasteiger partial charge is 0.143 e. The molecule has 122 heavy (non-hydrogen) atoms. The summed E-state index contributed by atoms with van der Waals surface area (Å²) < 4.78 is 27.1. The molecule has 0 atom stereocenters. The van der Waals surface area contributed by atoms with Gasteiger partial charge in [-0.05, 0) is 179 Å². The maximum absolute atomic E-state index is 6.70. The molecular weight excluding hydrogens is 1480 g/mol. The van der Waals surface area contributed by atoms with Crippen molar-refractivity contribution in [2.75, 3.05) is 0 Å². The lowest BCUT2D eigenvalue weighted by molar-refractivity contribution is 0.647. The fourth-order valence-corrected chi connectivity index (χ4v) is 23.0. The van der Waals surface area contributed by atoms with Crippen LogP contribution < -0.4 is 0 Å². The molecule has 0 amide bonds. The van der Waals surface area contributed by atoms with E-state index in [4.69, 9.17) is 13.3 Å². The molecule has 578 valence electrons. The summed E-state index contributed by atoms with van der Waals surface area (Å²) in [6.07, 6.45) is 0. The van der Waals surface area contributed by atoms with Crippen LogP contribution in [-0.4, -0.2) is 13.7 Å². The lowest BCUT2D eigenvalue weighted by Gasteiger charge is -2.22. The van der Waals surface area contributed by atoms with E-state index >= 15 is 0 Å². The van der Waals surface area contributed by atoms with Crippen molar-refractivity contribution in [3.63, 3.8) is 0 Å². The van der Waals surface area contributed by atoms with E-state index in [9.17, 15) is 0 Å². The van der Waals surface area contributed by atoms with Gasteiger partial charge in [0.05, 0.1) is 38.8 Å². The first kappa shape index (κ1) is 69.3. The highest BCUT2D eigenvalue weighted by molar-refractivity contribution is 6.25. The highest BCUT2D eigenvalue weighted by Crippen LogP contribution is 2.61. The summed E-state index contributed by atoms with van der Waals surface area (Å²) in [5.41, 5.74) is 37.7. The molecule has 0 unspecified atom stereocenters. The van der Waals surface area contributed by atoms with E-state index in [0.717, 1.165) is 33.5 Å². The number of aromatic nitrogens is 3. The maximum atomic E-state index is 6.70. The van der Waals surface area contributed by atoms with E-state index in [1.54, 1.807) is 0 Å². The number of benzene rings is 18. The zero-order valence-electron chi connectivity index (χ0n) is 69.0. The van der Waals surface area contributed by atoms with Crippen LogP contribution in [0.3, 0.4) is 0 Å². The Balaban J connectivity index is 0.0000000991. The van der Waals surface area contributed by atoms with E-state index in [1.165, 1.54) is 225 Å². The Morgan fingerprint density at radius 2 is 0.639 bits per heavy atom. The van der Waals surface area contributed by atoms with Crippen LogP contribution in [0.1, 0.15) is 99.9 Å². The van der Waals surface area contributed by atoms with Crippen LogP contribution in [0.5, 0.6) is 0 Å². The van der Waals surface area contributed by atoms with E-state index in [2.05, 4.69) is 403 Å². The Labute approximate surface area is 703 Å². The van der Waals surface area contributed by atoms with Crippen molar-refractivity contribution in [1.29, 1.82) is 0 Å². The fraction of sp³-hybridized carbons (Fsp3) is 0.103. The molecule has 4 aliphatic rings. The van der Waals surface area contributed by atoms with E-state index in [1.807, 2.05) is 12.1 Å². The van der Waals surface area contributed by atoms with Gasteiger partial charge >= 0.3 is 0 Å². The lowest BCUT2D eigenvalue weighted by atomic mass is 9.82. The molecule has 0 radical (unpaired) electrons. The molecule has 28 rings (SSSR count). The van der Waals surface area contributed by atoms with Crippen LogP contribution in [-0.2, 0) is 21.7 Å². The normalized spacial score (nSPS) is 14.7. The molecule has 0 fully saturated rings. The molecule has 6 heteroatoms. The quantitative estimate of drug-likeness (QED) is 0.166. The third-order valence-corrected chi connectivity index (χ3v) is 28.8. The Kier molecular flexibility index (Phi) is 13.9. The molecule has 0 N–H and O–H groups in total. The molecule has 0 saturated carbocycles. The summed E-state index contributed by atoms with van der Waals surface area (Å²) in [6.45, 7) is 18.8. The number of fused-ring (bicyclic) bond motifs is 38. The van der Waals surface area contributed by atoms with Crippen molar-refractivity contribution < 1.29 is 13.3 Å². The van der Waals surface area contributed by atoms with E-state index in [-0.39, 0.29) is 21.7 Å². The summed E-state index contributed by atoms with van der Waals surface area (Å²) in [7, 11) is 0. The van der Waals surface area contributed by atoms with Crippen molar-refractivity contribution in [2.45, 2.75) is 77.0 Å². The molecule has 6 aromatic heterocycles. The minimum atomic E-state index is -0.148. The molecule has 4 aliphatic carbocycles. The Hall–Kier alpha value is -14.7. The highest BCUT2D eigenvalue weighted by atomic mass is 16.3. The monoisotopic (exact) mass is 1560 g/mol. The average molecular weight is 1560 g/mol. The van der Waals surface area contributed by atoms with Gasteiger partial charge in [0.2, 0.25) is 0 Å². The minimum Gasteiger partial charge on any atom is -0.456 e. The molecule has 6 nitrogen and oxygen atoms in total. The average Bonchev–Trinajstić information content (AvgIpc) is 1.53. The van der Waals surface area contributed by atoms with Gasteiger partial charge in [0, 0.05) is 120 Å². The number of furan rings is 3. The molecular formula is C116H81N3O3. The summed E-state index contributed by atoms with van der Waals surface area (Å²) in [5.74, 6) is 0. The third-order valence-electron chi connectivity index (χ3n) is 28.8. The van der Waals surface area contributed by atoms with Crippen LogP contribution in [0.4, 0.5) is 0 Å². The Morgan fingerprint density at radius 3 is 1.30 bits per heavy atom. The van der Waals surface area contributed by atoms with Gasteiger partial charge in [0.1, 0.15) is 33.5 Å². The number of nitrogens with zero attached hydrogens (tertiary/aromatic N) is 3. The highest BCUT2D eigenvalue weighted by Gasteiger charge is 2.44. The van der Waals surface area contributed by atoms with Gasteiger partial charge in [-0.2, -0.15) is 0 Å². The summed E-state index contributed by atoms with van der Waals surface area (Å²) in [4.78, 5) is 0. The van der Waals surface area contributed by atoms with Gasteiger partial charge in [-0.3, -0.25) is 0 Å². The van der Waals surface area contributed by atoms with Gasteiger partial charge in [-0.15, -0.1) is 0 Å². The molecule has 18 aromatic carbocycles. The standard InChI is InChI=1S/C42H31NO.C41H27NO.C33H23NO/c1-41(2)30-14-8-5-11-25(30)26-18-17-24(23-33(26)41)43-34-15-9-6-13-29(34)37-35(43)22-21-31-38(37)39-32(42(31,3)4)20-19-28-27-12-7-10-16-36(27)44-40(28)39;1-41(2)32-19-20-35-40(39(32)31-22-30-28-15-8-10-18-37(28)43-38(30)23-33(31)41)29-16-7-9-17-34(29)42(35)36-21-24-11-3-4-12-25(24)26-13-5-6-14-27(26)36;1-33(2)25-18-16-23-21-12-6-8-14-27(21)34(20-10-4-3-5-11-20)31(23)29(25)30-26(33)19-17-24-22-13-7-9-15-28(22)35-32(24)30/h5-23H,1-4H3;3-23H,1-2H3;3-19H,1-2H3. The van der Waals surface area contributed by atoms with Crippen molar-refractivity contribution in [1.82, 2.24) is 13.7 Å². The lowest BCUT2D eigenvalue weighted by Crippen LogP contribution is -2.15. The molecule has 0 spiro atoms. The van der Waals surface area contributed by atoms with Crippen molar-refractivity contribution in [2.24, 2.45) is 0 Å². The number of hydrogen-bond acceptors (Lipinski definition) is 3. The van der Waals surface area contributed by atoms with Gasteiger partial charge in [-0.1, -0.05) is 310 Å². The van der Waals surface area contributed by atoms with Gasteiger partial charge < -0.3 is 27.0 Å². The summed E-state index contributed by atoms with van der Waals surface area (Å²) >= 11 is 0. The van der Waals surface area contributed by atoms with Gasteiger partial charge in [0.15, 0.2) is 0 Å². The first-order chi connectivity index (χ1) is 59.6. The second kappa shape index (κ2) is 24.5. The second-order valence-electron chi connectivity index (χ2n) is 36.4. The van der Waals surface area contributed by atoms with E-state index in [0.29, 0.717) is 0 Å². The fourth-order valence-electron chi connectivity index (χ4n) is 23.0. The number of rotatable bonds is 3. The minimum absolute atomic E-state index is 0.0577. The number of para-hydroxylation sites is 7. The molecule has 24 aromatic rings.